The molecular formula is C16H26N5O19P3. The highest BCUT2D eigenvalue weighted by molar-refractivity contribution is 7.46. The Kier molecular flexibility index (Phi) is 9.97. The topological polar surface area (TPSA) is 378 Å². The Balaban J connectivity index is 1.73. The summed E-state index contributed by atoms with van der Waals surface area (Å²) in [5, 5.41) is 30.6. The molecule has 2 aromatic heterocycles. The Morgan fingerprint density at radius 3 is 1.98 bits per heavy atom. The third-order valence-electron chi connectivity index (χ3n) is 6.05. The van der Waals surface area contributed by atoms with Crippen LogP contribution in [-0.2, 0) is 41.5 Å². The van der Waals surface area contributed by atoms with Crippen molar-refractivity contribution in [2.45, 2.75) is 55.2 Å². The number of nitrogen functional groups attached to an aromatic ring is 1. The van der Waals surface area contributed by atoms with E-state index in [9.17, 15) is 63.2 Å². The maximum atomic E-state index is 12.2. The predicted molar refractivity (Wildman–Crippen MR) is 131 cm³/mol. The standard InChI is InChI=1S/C16H26N5O19P3/c17-16-19-12-6(13(25)20-16)18-3-21(12)14-11(40-43(32,33)34)8(4(1-22)35-14)37-15-7(24)10(39-42(29,30)31)9(5(2-23)36-15)38-41(26,27)28/h3-5,7-11,14-15,22-24H,1-2H2,(H2,26,27,28)(H2,29,30,31)(H2,32,33,34)(H3,17,19,20,25)/t4-,5-,7-,8-,9-,10-,11-,14-,15-/m1/s1. The van der Waals surface area contributed by atoms with E-state index < -0.39 is 97.5 Å². The second-order valence-electron chi connectivity index (χ2n) is 9.02. The van der Waals surface area contributed by atoms with Gasteiger partial charge in [0.25, 0.3) is 5.56 Å². The second kappa shape index (κ2) is 12.6. The molecule has 2 aliphatic heterocycles. The van der Waals surface area contributed by atoms with Crippen molar-refractivity contribution < 1.29 is 86.2 Å². The molecule has 27 heteroatoms. The summed E-state index contributed by atoms with van der Waals surface area (Å²) < 4.78 is 66.3. The highest BCUT2D eigenvalue weighted by atomic mass is 31.2. The van der Waals surface area contributed by atoms with E-state index >= 15 is 0 Å². The fourth-order valence-corrected chi connectivity index (χ4v) is 6.19. The van der Waals surface area contributed by atoms with Crippen molar-refractivity contribution in [1.82, 2.24) is 19.5 Å². The summed E-state index contributed by atoms with van der Waals surface area (Å²) >= 11 is 0. The predicted octanol–water partition coefficient (Wildman–Crippen LogP) is -4.51. The van der Waals surface area contributed by atoms with Crippen molar-refractivity contribution in [2.24, 2.45) is 0 Å². The third kappa shape index (κ3) is 7.91. The Morgan fingerprint density at radius 2 is 1.42 bits per heavy atom. The van der Waals surface area contributed by atoms with Gasteiger partial charge in [-0.3, -0.25) is 27.9 Å². The highest BCUT2D eigenvalue weighted by Crippen LogP contribution is 2.49. The lowest BCUT2D eigenvalue weighted by molar-refractivity contribution is -0.313. The third-order valence-corrected chi connectivity index (χ3v) is 7.61. The molecule has 0 unspecified atom stereocenters. The zero-order valence-corrected chi connectivity index (χ0v) is 23.7. The molecule has 43 heavy (non-hydrogen) atoms. The monoisotopic (exact) mass is 685 g/mol. The molecule has 9 atom stereocenters. The number of aromatic nitrogens is 4. The molecule has 2 aromatic rings. The molecule has 2 fully saturated rings. The first-order valence-corrected chi connectivity index (χ1v) is 16.2. The van der Waals surface area contributed by atoms with Crippen LogP contribution >= 0.6 is 23.5 Å². The van der Waals surface area contributed by atoms with Crippen LogP contribution in [0.25, 0.3) is 11.2 Å². The number of phosphoric acid groups is 3. The van der Waals surface area contributed by atoms with Gasteiger partial charge in [0, 0.05) is 0 Å². The van der Waals surface area contributed by atoms with Gasteiger partial charge >= 0.3 is 23.5 Å². The maximum Gasteiger partial charge on any atom is 0.470 e. The number of nitrogens with one attached hydrogen (secondary N) is 1. The number of H-pyrrole nitrogens is 1. The molecule has 2 aliphatic rings. The first-order chi connectivity index (χ1) is 19.8. The van der Waals surface area contributed by atoms with Crippen molar-refractivity contribution in [3.05, 3.63) is 16.7 Å². The number of phosphoric ester groups is 3. The normalized spacial score (nSPS) is 32.4. The largest absolute Gasteiger partial charge is 0.470 e. The first-order valence-electron chi connectivity index (χ1n) is 11.6. The summed E-state index contributed by atoms with van der Waals surface area (Å²) in [5.74, 6) is -0.381. The molecule has 0 aliphatic carbocycles. The quantitative estimate of drug-likeness (QED) is 0.0992. The maximum absolute atomic E-state index is 12.2. The van der Waals surface area contributed by atoms with Gasteiger partial charge in [-0.2, -0.15) is 4.98 Å². The second-order valence-corrected chi connectivity index (χ2v) is 12.6. The Morgan fingerprint density at radius 1 is 0.884 bits per heavy atom. The average Bonchev–Trinajstić information content (AvgIpc) is 3.41. The molecular weight excluding hydrogens is 659 g/mol. The van der Waals surface area contributed by atoms with E-state index in [-0.39, 0.29) is 17.1 Å². The molecule has 12 N–H and O–H groups in total. The van der Waals surface area contributed by atoms with E-state index in [1.165, 1.54) is 0 Å². The molecule has 2 saturated heterocycles. The molecule has 0 amide bonds. The lowest BCUT2D eigenvalue weighted by Gasteiger charge is -2.44. The van der Waals surface area contributed by atoms with Gasteiger partial charge in [0.15, 0.2) is 23.7 Å². The molecule has 4 rings (SSSR count). The van der Waals surface area contributed by atoms with E-state index in [4.69, 9.17) is 24.5 Å². The summed E-state index contributed by atoms with van der Waals surface area (Å²) in [6.45, 7) is -2.11. The van der Waals surface area contributed by atoms with E-state index in [1.807, 2.05) is 0 Å². The molecule has 24 nitrogen and oxygen atoms in total. The van der Waals surface area contributed by atoms with Crippen LogP contribution in [0.3, 0.4) is 0 Å². The van der Waals surface area contributed by atoms with Gasteiger partial charge in [-0.1, -0.05) is 0 Å². The van der Waals surface area contributed by atoms with Gasteiger partial charge in [-0.25, -0.2) is 18.7 Å². The van der Waals surface area contributed by atoms with Crippen LogP contribution in [0.15, 0.2) is 11.1 Å². The number of aliphatic hydroxyl groups is 3. The molecule has 244 valence electrons. The van der Waals surface area contributed by atoms with Crippen LogP contribution in [0.4, 0.5) is 5.95 Å². The number of hydrogen-bond donors (Lipinski definition) is 11. The summed E-state index contributed by atoms with van der Waals surface area (Å²) in [7, 11) is -16.4. The minimum absolute atomic E-state index is 0.260. The van der Waals surface area contributed by atoms with E-state index in [0.29, 0.717) is 0 Å². The van der Waals surface area contributed by atoms with Crippen LogP contribution in [0.5, 0.6) is 0 Å². The molecule has 4 heterocycles. The Labute approximate surface area is 237 Å². The van der Waals surface area contributed by atoms with Crippen LogP contribution < -0.4 is 11.3 Å². The Hall–Kier alpha value is -1.76. The number of rotatable bonds is 11. The number of fused-ring (bicyclic) bond motifs is 1. The molecule has 0 saturated carbocycles. The van der Waals surface area contributed by atoms with Crippen molar-refractivity contribution in [2.75, 3.05) is 18.9 Å². The molecule has 0 bridgehead atoms. The van der Waals surface area contributed by atoms with Gasteiger partial charge in [-0.15, -0.1) is 0 Å². The molecule has 0 radical (unpaired) electrons. The minimum atomic E-state index is -5.54. The van der Waals surface area contributed by atoms with Crippen LogP contribution in [0.1, 0.15) is 6.23 Å². The van der Waals surface area contributed by atoms with Crippen molar-refractivity contribution in [3.63, 3.8) is 0 Å². The number of ether oxygens (including phenoxy) is 3. The number of aliphatic hydroxyl groups excluding tert-OH is 3. The Bertz CT molecular complexity index is 1500. The molecule has 0 aromatic carbocycles. The number of aromatic amines is 1. The van der Waals surface area contributed by atoms with Crippen LogP contribution in [0.2, 0.25) is 0 Å². The van der Waals surface area contributed by atoms with Crippen molar-refractivity contribution >= 4 is 40.6 Å². The number of hydrogen-bond acceptors (Lipinski definition) is 16. The van der Waals surface area contributed by atoms with Crippen molar-refractivity contribution in [1.29, 1.82) is 0 Å². The fourth-order valence-electron chi connectivity index (χ4n) is 4.52. The SMILES string of the molecule is Nc1nc2c(ncn2[C@@H]2O[C@H](CO)[C@@H](O[C@H]3O[C@H](CO)[C@@H](OP(=O)(O)O)[C@H](OP(=O)(O)O)[C@H]3O)[C@H]2OP(=O)(O)O)c(=O)[nH]1. The van der Waals surface area contributed by atoms with Gasteiger partial charge in [-0.05, 0) is 0 Å². The number of anilines is 1. The number of imidazole rings is 1. The number of nitrogens with two attached hydrogens (primary N) is 1. The lowest BCUT2D eigenvalue weighted by Crippen LogP contribution is -2.61. The van der Waals surface area contributed by atoms with E-state index in [0.717, 1.165) is 10.9 Å². The summed E-state index contributed by atoms with van der Waals surface area (Å²) in [6.07, 6.45) is -17.1. The molecule has 0 spiro atoms. The number of nitrogens with zero attached hydrogens (tertiary/aromatic N) is 3. The van der Waals surface area contributed by atoms with Crippen LogP contribution in [-0.4, -0.2) is 126 Å². The minimum Gasteiger partial charge on any atom is -0.394 e. The lowest BCUT2D eigenvalue weighted by atomic mass is 9.99. The highest BCUT2D eigenvalue weighted by Gasteiger charge is 2.56. The zero-order chi connectivity index (χ0) is 32.1. The average molecular weight is 685 g/mol. The smallest absolute Gasteiger partial charge is 0.394 e. The summed E-state index contributed by atoms with van der Waals surface area (Å²) in [6, 6.07) is 0. The van der Waals surface area contributed by atoms with Gasteiger partial charge in [0.2, 0.25) is 5.95 Å². The summed E-state index contributed by atoms with van der Waals surface area (Å²) in [4.78, 5) is 78.5. The first kappa shape index (κ1) is 34.1. The van der Waals surface area contributed by atoms with E-state index in [2.05, 4.69) is 24.0 Å². The van der Waals surface area contributed by atoms with Gasteiger partial charge in [0.1, 0.15) is 42.7 Å². The van der Waals surface area contributed by atoms with Crippen molar-refractivity contribution in [3.8, 4) is 0 Å². The van der Waals surface area contributed by atoms with Gasteiger partial charge < -0.3 is 64.6 Å². The van der Waals surface area contributed by atoms with E-state index in [1.54, 1.807) is 0 Å². The fraction of sp³-hybridized carbons (Fsp3) is 0.688. The zero-order valence-electron chi connectivity index (χ0n) is 21.1. The van der Waals surface area contributed by atoms with Crippen LogP contribution in [0, 0.1) is 0 Å². The van der Waals surface area contributed by atoms with Gasteiger partial charge in [0.05, 0.1) is 19.5 Å². The summed E-state index contributed by atoms with van der Waals surface area (Å²) in [5.41, 5.74) is 4.24.